The first-order valence-electron chi connectivity index (χ1n) is 6.89. The quantitative estimate of drug-likeness (QED) is 0.767. The van der Waals surface area contributed by atoms with E-state index >= 15 is 0 Å². The number of hydrogen-bond donors (Lipinski definition) is 1. The predicted molar refractivity (Wildman–Crippen MR) is 73.3 cm³/mol. The van der Waals surface area contributed by atoms with Gasteiger partial charge in [0.2, 0.25) is 5.91 Å². The van der Waals surface area contributed by atoms with E-state index in [4.69, 9.17) is 4.42 Å². The molecule has 1 aromatic rings. The second-order valence-electron chi connectivity index (χ2n) is 5.37. The van der Waals surface area contributed by atoms with Crippen molar-refractivity contribution in [2.24, 2.45) is 5.92 Å². The van der Waals surface area contributed by atoms with E-state index in [1.165, 1.54) is 12.8 Å². The van der Waals surface area contributed by atoms with Gasteiger partial charge in [0.1, 0.15) is 5.76 Å². The zero-order valence-electron chi connectivity index (χ0n) is 11.7. The standard InChI is InChI=1S/C15H25NO2/c1-12(2)6-4-7-13(3)16-15(17)10-9-14-8-5-11-18-14/h5,8,11-13H,4,6-7,9-10H2,1-3H3,(H,16,17). The Labute approximate surface area is 110 Å². The summed E-state index contributed by atoms with van der Waals surface area (Å²) in [4.78, 5) is 11.7. The van der Waals surface area contributed by atoms with E-state index in [0.29, 0.717) is 12.8 Å². The van der Waals surface area contributed by atoms with Crippen LogP contribution in [0.25, 0.3) is 0 Å². The highest BCUT2D eigenvalue weighted by molar-refractivity contribution is 5.76. The molecule has 102 valence electrons. The lowest BCUT2D eigenvalue weighted by molar-refractivity contribution is -0.121. The van der Waals surface area contributed by atoms with E-state index in [-0.39, 0.29) is 11.9 Å². The third-order valence-electron chi connectivity index (χ3n) is 3.00. The minimum absolute atomic E-state index is 0.114. The molecule has 0 aliphatic carbocycles. The van der Waals surface area contributed by atoms with Crippen LogP contribution in [0.2, 0.25) is 0 Å². The van der Waals surface area contributed by atoms with Gasteiger partial charge in [-0.1, -0.05) is 26.7 Å². The monoisotopic (exact) mass is 251 g/mol. The lowest BCUT2D eigenvalue weighted by atomic mass is 10.0. The predicted octanol–water partition coefficient (Wildman–Crippen LogP) is 3.54. The van der Waals surface area contributed by atoms with Gasteiger partial charge in [-0.3, -0.25) is 4.79 Å². The van der Waals surface area contributed by atoms with Crippen molar-refractivity contribution in [1.82, 2.24) is 5.32 Å². The molecule has 0 aliphatic heterocycles. The molecule has 0 saturated carbocycles. The first kappa shape index (κ1) is 14.8. The first-order chi connectivity index (χ1) is 8.58. The van der Waals surface area contributed by atoms with Crippen molar-refractivity contribution < 1.29 is 9.21 Å². The molecule has 0 spiro atoms. The van der Waals surface area contributed by atoms with Crippen molar-refractivity contribution >= 4 is 5.91 Å². The van der Waals surface area contributed by atoms with Gasteiger partial charge in [-0.05, 0) is 31.4 Å². The molecule has 1 aromatic heterocycles. The van der Waals surface area contributed by atoms with Crippen LogP contribution in [0.5, 0.6) is 0 Å². The largest absolute Gasteiger partial charge is 0.469 e. The molecule has 3 nitrogen and oxygen atoms in total. The van der Waals surface area contributed by atoms with Gasteiger partial charge in [0.25, 0.3) is 0 Å². The Kier molecular flexibility index (Phi) is 6.55. The molecular weight excluding hydrogens is 226 g/mol. The van der Waals surface area contributed by atoms with E-state index in [9.17, 15) is 4.79 Å². The fourth-order valence-electron chi connectivity index (χ4n) is 1.94. The Morgan fingerprint density at radius 3 is 2.72 bits per heavy atom. The molecule has 1 heterocycles. The maximum atomic E-state index is 11.7. The van der Waals surface area contributed by atoms with Crippen LogP contribution in [-0.2, 0) is 11.2 Å². The lowest BCUT2D eigenvalue weighted by Crippen LogP contribution is -2.32. The van der Waals surface area contributed by atoms with Crippen molar-refractivity contribution in [2.75, 3.05) is 0 Å². The smallest absolute Gasteiger partial charge is 0.220 e. The topological polar surface area (TPSA) is 42.2 Å². The zero-order chi connectivity index (χ0) is 13.4. The van der Waals surface area contributed by atoms with Crippen LogP contribution in [0.15, 0.2) is 22.8 Å². The van der Waals surface area contributed by atoms with Crippen molar-refractivity contribution in [3.05, 3.63) is 24.2 Å². The van der Waals surface area contributed by atoms with Crippen LogP contribution >= 0.6 is 0 Å². The average Bonchev–Trinajstić information content (AvgIpc) is 2.78. The Morgan fingerprint density at radius 2 is 2.11 bits per heavy atom. The van der Waals surface area contributed by atoms with Gasteiger partial charge in [-0.25, -0.2) is 0 Å². The number of carbonyl (C=O) groups excluding carboxylic acids is 1. The number of furan rings is 1. The second kappa shape index (κ2) is 7.96. The summed E-state index contributed by atoms with van der Waals surface area (Å²) in [5.74, 6) is 1.73. The molecule has 0 fully saturated rings. The van der Waals surface area contributed by atoms with Crippen LogP contribution in [-0.4, -0.2) is 11.9 Å². The van der Waals surface area contributed by atoms with Gasteiger partial charge in [0.05, 0.1) is 6.26 Å². The van der Waals surface area contributed by atoms with E-state index < -0.39 is 0 Å². The molecule has 1 N–H and O–H groups in total. The van der Waals surface area contributed by atoms with Crippen LogP contribution < -0.4 is 5.32 Å². The summed E-state index contributed by atoms with van der Waals surface area (Å²) < 4.78 is 5.20. The van der Waals surface area contributed by atoms with Gasteiger partial charge in [0.15, 0.2) is 0 Å². The highest BCUT2D eigenvalue weighted by atomic mass is 16.3. The van der Waals surface area contributed by atoms with Crippen LogP contribution in [0, 0.1) is 5.92 Å². The Balaban J connectivity index is 2.11. The second-order valence-corrected chi connectivity index (χ2v) is 5.37. The van der Waals surface area contributed by atoms with E-state index in [1.54, 1.807) is 6.26 Å². The number of amides is 1. The number of aryl methyl sites for hydroxylation is 1. The van der Waals surface area contributed by atoms with E-state index in [0.717, 1.165) is 18.1 Å². The minimum Gasteiger partial charge on any atom is -0.469 e. The van der Waals surface area contributed by atoms with E-state index in [2.05, 4.69) is 26.1 Å². The Bertz CT molecular complexity index is 330. The molecule has 0 bridgehead atoms. The number of nitrogens with one attached hydrogen (secondary N) is 1. The minimum atomic E-state index is 0.114. The Morgan fingerprint density at radius 1 is 1.33 bits per heavy atom. The van der Waals surface area contributed by atoms with Gasteiger partial charge >= 0.3 is 0 Å². The number of hydrogen-bond acceptors (Lipinski definition) is 2. The molecule has 0 aliphatic rings. The highest BCUT2D eigenvalue weighted by Gasteiger charge is 2.08. The summed E-state index contributed by atoms with van der Waals surface area (Å²) in [7, 11) is 0. The van der Waals surface area contributed by atoms with Gasteiger partial charge in [0, 0.05) is 18.9 Å². The molecule has 3 heteroatoms. The third-order valence-corrected chi connectivity index (χ3v) is 3.00. The fourth-order valence-corrected chi connectivity index (χ4v) is 1.94. The lowest BCUT2D eigenvalue weighted by Gasteiger charge is -2.14. The Hall–Kier alpha value is -1.25. The van der Waals surface area contributed by atoms with Crippen molar-refractivity contribution in [1.29, 1.82) is 0 Å². The van der Waals surface area contributed by atoms with Gasteiger partial charge < -0.3 is 9.73 Å². The summed E-state index contributed by atoms with van der Waals surface area (Å²) in [5.41, 5.74) is 0. The van der Waals surface area contributed by atoms with Crippen LogP contribution in [0.4, 0.5) is 0 Å². The number of rotatable bonds is 8. The molecule has 1 rings (SSSR count). The molecule has 0 radical (unpaired) electrons. The molecule has 1 atom stereocenters. The van der Waals surface area contributed by atoms with Crippen LogP contribution in [0.1, 0.15) is 52.2 Å². The van der Waals surface area contributed by atoms with Gasteiger partial charge in [-0.15, -0.1) is 0 Å². The molecule has 1 unspecified atom stereocenters. The summed E-state index contributed by atoms with van der Waals surface area (Å²) in [6, 6.07) is 4.02. The third kappa shape index (κ3) is 6.48. The molecule has 18 heavy (non-hydrogen) atoms. The fraction of sp³-hybridized carbons (Fsp3) is 0.667. The maximum Gasteiger partial charge on any atom is 0.220 e. The summed E-state index contributed by atoms with van der Waals surface area (Å²) in [6.07, 6.45) is 6.29. The van der Waals surface area contributed by atoms with Crippen molar-refractivity contribution in [2.45, 2.75) is 58.9 Å². The maximum absolute atomic E-state index is 11.7. The molecular formula is C15H25NO2. The SMILES string of the molecule is CC(C)CCCC(C)NC(=O)CCc1ccco1. The summed E-state index contributed by atoms with van der Waals surface area (Å²) in [6.45, 7) is 6.53. The van der Waals surface area contributed by atoms with E-state index in [1.807, 2.05) is 12.1 Å². The first-order valence-corrected chi connectivity index (χ1v) is 6.89. The zero-order valence-corrected chi connectivity index (χ0v) is 11.7. The van der Waals surface area contributed by atoms with Crippen molar-refractivity contribution in [3.63, 3.8) is 0 Å². The average molecular weight is 251 g/mol. The normalized spacial score (nSPS) is 12.7. The highest BCUT2D eigenvalue weighted by Crippen LogP contribution is 2.09. The molecule has 0 saturated heterocycles. The van der Waals surface area contributed by atoms with Gasteiger partial charge in [-0.2, -0.15) is 0 Å². The van der Waals surface area contributed by atoms with Crippen molar-refractivity contribution in [3.8, 4) is 0 Å². The summed E-state index contributed by atoms with van der Waals surface area (Å²) in [5, 5.41) is 3.04. The molecule has 0 aromatic carbocycles. The van der Waals surface area contributed by atoms with Crippen LogP contribution in [0.3, 0.4) is 0 Å². The number of carbonyl (C=O) groups is 1. The molecule has 1 amide bonds. The summed E-state index contributed by atoms with van der Waals surface area (Å²) >= 11 is 0.